The zero-order valence-corrected chi connectivity index (χ0v) is 12.9. The van der Waals surface area contributed by atoms with Crippen LogP contribution >= 0.6 is 0 Å². The molecule has 1 aliphatic heterocycles. The largest absolute Gasteiger partial charge is 0.481 e. The molecule has 0 bridgehead atoms. The summed E-state index contributed by atoms with van der Waals surface area (Å²) in [5, 5.41) is 8.92. The number of aliphatic carboxylic acids is 1. The van der Waals surface area contributed by atoms with E-state index in [-0.39, 0.29) is 12.5 Å². The second-order valence-corrected chi connectivity index (χ2v) is 5.40. The first kappa shape index (κ1) is 17.7. The third kappa shape index (κ3) is 11.0. The van der Waals surface area contributed by atoms with Gasteiger partial charge >= 0.3 is 5.97 Å². The molecule has 0 fully saturated rings. The number of carboxylic acids is 1. The van der Waals surface area contributed by atoms with Crippen LogP contribution in [0.4, 0.5) is 0 Å². The quantitative estimate of drug-likeness (QED) is 0.754. The predicted octanol–water partition coefficient (Wildman–Crippen LogP) is 4.65. The number of hydrogen-bond donors (Lipinski definition) is 1. The number of hydrogen-bond acceptors (Lipinski definition) is 2. The lowest BCUT2D eigenvalue weighted by molar-refractivity contribution is -0.140. The highest BCUT2D eigenvalue weighted by Gasteiger charge is 2.12. The molecule has 0 amide bonds. The Kier molecular flexibility index (Phi) is 10.4. The molecule has 1 heterocycles. The predicted molar refractivity (Wildman–Crippen MR) is 86.3 cm³/mol. The van der Waals surface area contributed by atoms with Crippen molar-refractivity contribution >= 4 is 5.97 Å². The van der Waals surface area contributed by atoms with E-state index in [9.17, 15) is 4.79 Å². The minimum Gasteiger partial charge on any atom is -0.481 e. The standard InChI is InChI=1S/C18H28O3/c19-18(20)16-17-14-12-10-8-6-4-2-1-3-5-7-9-11-13-15-21-17/h2-5,8,10,17H,1,6-7,9,11-16H2,(H,19,20)/b4-2+,5-3+,10-8+. The van der Waals surface area contributed by atoms with Crippen LogP contribution in [0.15, 0.2) is 36.5 Å². The smallest absolute Gasteiger partial charge is 0.305 e. The van der Waals surface area contributed by atoms with Gasteiger partial charge in [0, 0.05) is 6.61 Å². The third-order valence-corrected chi connectivity index (χ3v) is 3.47. The first-order chi connectivity index (χ1) is 10.3. The fourth-order valence-electron chi connectivity index (χ4n) is 2.29. The third-order valence-electron chi connectivity index (χ3n) is 3.47. The first-order valence-corrected chi connectivity index (χ1v) is 8.07. The van der Waals surface area contributed by atoms with Crippen LogP contribution in [0.2, 0.25) is 0 Å². The van der Waals surface area contributed by atoms with E-state index in [1.165, 1.54) is 6.42 Å². The van der Waals surface area contributed by atoms with E-state index in [1.807, 2.05) is 0 Å². The van der Waals surface area contributed by atoms with Crippen molar-refractivity contribution in [1.29, 1.82) is 0 Å². The minimum atomic E-state index is -0.775. The summed E-state index contributed by atoms with van der Waals surface area (Å²) < 4.78 is 5.73. The van der Waals surface area contributed by atoms with Gasteiger partial charge in [-0.05, 0) is 44.9 Å². The van der Waals surface area contributed by atoms with Crippen molar-refractivity contribution in [3.8, 4) is 0 Å². The molecule has 118 valence electrons. The van der Waals surface area contributed by atoms with E-state index in [2.05, 4.69) is 36.5 Å². The summed E-state index contributed by atoms with van der Waals surface area (Å²) >= 11 is 0. The molecule has 0 radical (unpaired) electrons. The Morgan fingerprint density at radius 1 is 0.952 bits per heavy atom. The van der Waals surface area contributed by atoms with Gasteiger partial charge in [0.15, 0.2) is 0 Å². The molecule has 1 N–H and O–H groups in total. The second kappa shape index (κ2) is 12.4. The minimum absolute atomic E-state index is 0.108. The van der Waals surface area contributed by atoms with Crippen LogP contribution in [0, 0.1) is 0 Å². The van der Waals surface area contributed by atoms with Crippen molar-refractivity contribution in [2.75, 3.05) is 6.61 Å². The molecule has 0 spiro atoms. The van der Waals surface area contributed by atoms with E-state index in [1.54, 1.807) is 0 Å². The van der Waals surface area contributed by atoms with E-state index in [4.69, 9.17) is 9.84 Å². The van der Waals surface area contributed by atoms with Crippen LogP contribution in [-0.4, -0.2) is 23.8 Å². The molecule has 0 aromatic rings. The van der Waals surface area contributed by atoms with Gasteiger partial charge in [0.25, 0.3) is 0 Å². The SMILES string of the molecule is O=C(O)CC1CC/C=C/C/C=C/C/C=C/CCCCCO1. The molecule has 1 atom stereocenters. The summed E-state index contributed by atoms with van der Waals surface area (Å²) in [6.07, 6.45) is 21.1. The van der Waals surface area contributed by atoms with Crippen molar-refractivity contribution in [1.82, 2.24) is 0 Å². The Morgan fingerprint density at radius 2 is 1.62 bits per heavy atom. The molecule has 1 rings (SSSR count). The van der Waals surface area contributed by atoms with Crippen molar-refractivity contribution < 1.29 is 14.6 Å². The first-order valence-electron chi connectivity index (χ1n) is 8.07. The molecular weight excluding hydrogens is 264 g/mol. The van der Waals surface area contributed by atoms with Crippen molar-refractivity contribution in [3.05, 3.63) is 36.5 Å². The number of carboxylic acid groups (broad SMARTS) is 1. The number of carbonyl (C=O) groups is 1. The molecule has 0 aromatic heterocycles. The monoisotopic (exact) mass is 292 g/mol. The van der Waals surface area contributed by atoms with Gasteiger partial charge in [-0.25, -0.2) is 0 Å². The molecule has 3 nitrogen and oxygen atoms in total. The fraction of sp³-hybridized carbons (Fsp3) is 0.611. The highest BCUT2D eigenvalue weighted by molar-refractivity contribution is 5.67. The van der Waals surface area contributed by atoms with Crippen molar-refractivity contribution in [3.63, 3.8) is 0 Å². The van der Waals surface area contributed by atoms with Crippen LogP contribution in [0.3, 0.4) is 0 Å². The van der Waals surface area contributed by atoms with E-state index in [0.717, 1.165) is 44.9 Å². The van der Waals surface area contributed by atoms with Gasteiger partial charge in [0.2, 0.25) is 0 Å². The normalized spacial score (nSPS) is 27.3. The second-order valence-electron chi connectivity index (χ2n) is 5.40. The molecule has 21 heavy (non-hydrogen) atoms. The van der Waals surface area contributed by atoms with Crippen molar-refractivity contribution in [2.45, 2.75) is 63.9 Å². The van der Waals surface area contributed by atoms with Gasteiger partial charge in [0.05, 0.1) is 12.5 Å². The van der Waals surface area contributed by atoms with E-state index in [0.29, 0.717) is 6.61 Å². The highest BCUT2D eigenvalue weighted by Crippen LogP contribution is 2.11. The molecular formula is C18H28O3. The zero-order chi connectivity index (χ0) is 15.2. The summed E-state index contributed by atoms with van der Waals surface area (Å²) in [7, 11) is 0. The average Bonchev–Trinajstić information content (AvgIpc) is 2.45. The molecule has 1 aliphatic rings. The number of ether oxygens (including phenoxy) is 1. The van der Waals surface area contributed by atoms with Crippen LogP contribution in [-0.2, 0) is 9.53 Å². The van der Waals surface area contributed by atoms with Gasteiger partial charge in [-0.2, -0.15) is 0 Å². The van der Waals surface area contributed by atoms with Gasteiger partial charge in [-0.3, -0.25) is 4.79 Å². The van der Waals surface area contributed by atoms with Gasteiger partial charge in [-0.15, -0.1) is 0 Å². The van der Waals surface area contributed by atoms with Crippen LogP contribution in [0.5, 0.6) is 0 Å². The molecule has 0 aliphatic carbocycles. The molecule has 0 saturated carbocycles. The summed E-state index contributed by atoms with van der Waals surface area (Å²) in [6, 6.07) is 0. The topological polar surface area (TPSA) is 46.5 Å². The summed E-state index contributed by atoms with van der Waals surface area (Å²) in [4.78, 5) is 10.8. The van der Waals surface area contributed by atoms with Gasteiger partial charge < -0.3 is 9.84 Å². The van der Waals surface area contributed by atoms with Crippen LogP contribution < -0.4 is 0 Å². The highest BCUT2D eigenvalue weighted by atomic mass is 16.5. The Labute approximate surface area is 128 Å². The number of allylic oxidation sites excluding steroid dienone is 6. The Bertz CT molecular complexity index is 355. The fourth-order valence-corrected chi connectivity index (χ4v) is 2.29. The van der Waals surface area contributed by atoms with E-state index < -0.39 is 5.97 Å². The van der Waals surface area contributed by atoms with Crippen LogP contribution in [0.1, 0.15) is 57.8 Å². The lowest BCUT2D eigenvalue weighted by Gasteiger charge is -2.15. The lowest BCUT2D eigenvalue weighted by Crippen LogP contribution is -2.18. The molecule has 0 saturated heterocycles. The number of rotatable bonds is 2. The maximum atomic E-state index is 10.8. The summed E-state index contributed by atoms with van der Waals surface area (Å²) in [6.45, 7) is 0.674. The Balaban J connectivity index is 2.42. The summed E-state index contributed by atoms with van der Waals surface area (Å²) in [5.74, 6) is -0.775. The maximum absolute atomic E-state index is 10.8. The summed E-state index contributed by atoms with van der Waals surface area (Å²) in [5.41, 5.74) is 0. The van der Waals surface area contributed by atoms with Crippen LogP contribution in [0.25, 0.3) is 0 Å². The lowest BCUT2D eigenvalue weighted by atomic mass is 10.1. The molecule has 0 aromatic carbocycles. The molecule has 3 heteroatoms. The Morgan fingerprint density at radius 3 is 2.33 bits per heavy atom. The Hall–Kier alpha value is -1.35. The average molecular weight is 292 g/mol. The van der Waals surface area contributed by atoms with Crippen molar-refractivity contribution in [2.24, 2.45) is 0 Å². The van der Waals surface area contributed by atoms with E-state index >= 15 is 0 Å². The zero-order valence-electron chi connectivity index (χ0n) is 12.9. The maximum Gasteiger partial charge on any atom is 0.305 e. The van der Waals surface area contributed by atoms with Gasteiger partial charge in [0.1, 0.15) is 0 Å². The van der Waals surface area contributed by atoms with Gasteiger partial charge in [-0.1, -0.05) is 42.9 Å². The molecule has 1 unspecified atom stereocenters.